The standard InChI is InChI=1S/C12H13BrN2O2S/c1-18(16,17)8-7-15-12-10-3-2-4-11(13)9(10)5-6-14-12/h2-6H,7-8H2,1H3,(H,14,15). The van der Waals surface area contributed by atoms with E-state index in [9.17, 15) is 8.42 Å². The Hall–Kier alpha value is -1.14. The molecule has 0 unspecified atom stereocenters. The number of sulfone groups is 1. The molecule has 2 aromatic rings. The number of fused-ring (bicyclic) bond motifs is 1. The minimum absolute atomic E-state index is 0.0963. The zero-order chi connectivity index (χ0) is 13.2. The largest absolute Gasteiger partial charge is 0.369 e. The van der Waals surface area contributed by atoms with Crippen LogP contribution in [0, 0.1) is 0 Å². The van der Waals surface area contributed by atoms with E-state index in [-0.39, 0.29) is 5.75 Å². The zero-order valence-electron chi connectivity index (χ0n) is 9.85. The van der Waals surface area contributed by atoms with Gasteiger partial charge in [0.05, 0.1) is 5.75 Å². The highest BCUT2D eigenvalue weighted by molar-refractivity contribution is 9.10. The Bertz CT molecular complexity index is 671. The van der Waals surface area contributed by atoms with E-state index in [2.05, 4.69) is 26.2 Å². The molecule has 0 radical (unpaired) electrons. The van der Waals surface area contributed by atoms with Gasteiger partial charge in [0, 0.05) is 34.2 Å². The summed E-state index contributed by atoms with van der Waals surface area (Å²) in [5.41, 5.74) is 0. The third-order valence-electron chi connectivity index (χ3n) is 2.52. The highest BCUT2D eigenvalue weighted by atomic mass is 79.9. The van der Waals surface area contributed by atoms with Crippen molar-refractivity contribution in [2.24, 2.45) is 0 Å². The maximum atomic E-state index is 11.1. The smallest absolute Gasteiger partial charge is 0.149 e. The van der Waals surface area contributed by atoms with Crippen LogP contribution in [0.25, 0.3) is 10.8 Å². The molecule has 0 bridgehead atoms. The van der Waals surface area contributed by atoms with E-state index < -0.39 is 9.84 Å². The van der Waals surface area contributed by atoms with E-state index in [1.165, 1.54) is 6.26 Å². The second-order valence-electron chi connectivity index (χ2n) is 4.05. The molecule has 0 aliphatic carbocycles. The average Bonchev–Trinajstić information content (AvgIpc) is 2.29. The van der Waals surface area contributed by atoms with Crippen molar-refractivity contribution in [1.29, 1.82) is 0 Å². The van der Waals surface area contributed by atoms with Crippen LogP contribution in [0.2, 0.25) is 0 Å². The van der Waals surface area contributed by atoms with Gasteiger partial charge in [-0.05, 0) is 12.1 Å². The quantitative estimate of drug-likeness (QED) is 0.936. The summed E-state index contributed by atoms with van der Waals surface area (Å²) in [6.07, 6.45) is 2.93. The number of hydrogen-bond acceptors (Lipinski definition) is 4. The fraction of sp³-hybridized carbons (Fsp3) is 0.250. The Labute approximate surface area is 114 Å². The van der Waals surface area contributed by atoms with Gasteiger partial charge >= 0.3 is 0 Å². The van der Waals surface area contributed by atoms with Crippen LogP contribution in [0.1, 0.15) is 0 Å². The Balaban J connectivity index is 2.26. The first-order valence-corrected chi connectivity index (χ1v) is 8.27. The second kappa shape index (κ2) is 5.24. The molecule has 96 valence electrons. The minimum atomic E-state index is -2.96. The number of anilines is 1. The number of rotatable bonds is 4. The second-order valence-corrected chi connectivity index (χ2v) is 7.17. The van der Waals surface area contributed by atoms with Crippen LogP contribution in [0.5, 0.6) is 0 Å². The van der Waals surface area contributed by atoms with Gasteiger partial charge in [-0.1, -0.05) is 28.1 Å². The molecule has 0 amide bonds. The summed E-state index contributed by atoms with van der Waals surface area (Å²) in [7, 11) is -2.96. The molecule has 18 heavy (non-hydrogen) atoms. The van der Waals surface area contributed by atoms with Gasteiger partial charge in [0.1, 0.15) is 15.7 Å². The molecule has 0 atom stereocenters. The van der Waals surface area contributed by atoms with Crippen molar-refractivity contribution < 1.29 is 8.42 Å². The molecule has 1 N–H and O–H groups in total. The molecule has 0 aliphatic rings. The SMILES string of the molecule is CS(=O)(=O)CCNc1nccc2c(Br)cccc12. The molecule has 1 aromatic heterocycles. The number of nitrogens with zero attached hydrogens (tertiary/aromatic N) is 1. The number of pyridine rings is 1. The fourth-order valence-corrected chi connectivity index (χ4v) is 2.64. The summed E-state index contributed by atoms with van der Waals surface area (Å²) in [6.45, 7) is 0.359. The summed E-state index contributed by atoms with van der Waals surface area (Å²) in [5, 5.41) is 5.08. The van der Waals surface area contributed by atoms with Gasteiger partial charge < -0.3 is 5.32 Å². The molecular formula is C12H13BrN2O2S. The van der Waals surface area contributed by atoms with Crippen LogP contribution in [-0.4, -0.2) is 32.0 Å². The lowest BCUT2D eigenvalue weighted by atomic mass is 10.1. The molecule has 4 nitrogen and oxygen atoms in total. The van der Waals surface area contributed by atoms with Crippen molar-refractivity contribution in [3.63, 3.8) is 0 Å². The summed E-state index contributed by atoms with van der Waals surface area (Å²) >= 11 is 3.48. The predicted molar refractivity (Wildman–Crippen MR) is 77.6 cm³/mol. The first kappa shape index (κ1) is 13.3. The van der Waals surface area contributed by atoms with Crippen molar-refractivity contribution in [3.05, 3.63) is 34.9 Å². The Morgan fingerprint density at radius 1 is 1.28 bits per heavy atom. The maximum Gasteiger partial charge on any atom is 0.149 e. The highest BCUT2D eigenvalue weighted by Crippen LogP contribution is 2.27. The van der Waals surface area contributed by atoms with Crippen molar-refractivity contribution in [2.45, 2.75) is 0 Å². The van der Waals surface area contributed by atoms with Crippen molar-refractivity contribution in [2.75, 3.05) is 23.9 Å². The monoisotopic (exact) mass is 328 g/mol. The molecule has 1 heterocycles. The molecule has 6 heteroatoms. The van der Waals surface area contributed by atoms with E-state index in [1.54, 1.807) is 6.20 Å². The molecule has 0 spiro atoms. The van der Waals surface area contributed by atoms with Gasteiger partial charge in [-0.3, -0.25) is 0 Å². The van der Waals surface area contributed by atoms with Gasteiger partial charge in [-0.2, -0.15) is 0 Å². The van der Waals surface area contributed by atoms with Crippen LogP contribution >= 0.6 is 15.9 Å². The lowest BCUT2D eigenvalue weighted by molar-refractivity contribution is 0.602. The van der Waals surface area contributed by atoms with Crippen molar-refractivity contribution >= 4 is 42.4 Å². The van der Waals surface area contributed by atoms with Crippen LogP contribution in [-0.2, 0) is 9.84 Å². The van der Waals surface area contributed by atoms with E-state index in [0.29, 0.717) is 12.4 Å². The van der Waals surface area contributed by atoms with Crippen LogP contribution in [0.3, 0.4) is 0 Å². The van der Waals surface area contributed by atoms with Crippen molar-refractivity contribution in [1.82, 2.24) is 4.98 Å². The Kier molecular flexibility index (Phi) is 3.87. The lowest BCUT2D eigenvalue weighted by Gasteiger charge is -2.08. The lowest BCUT2D eigenvalue weighted by Crippen LogP contribution is -2.14. The van der Waals surface area contributed by atoms with Gasteiger partial charge in [0.25, 0.3) is 0 Å². The van der Waals surface area contributed by atoms with E-state index >= 15 is 0 Å². The van der Waals surface area contributed by atoms with E-state index in [4.69, 9.17) is 0 Å². The number of hydrogen-bond donors (Lipinski definition) is 1. The molecule has 0 fully saturated rings. The number of aromatic nitrogens is 1. The third kappa shape index (κ3) is 3.20. The molecular weight excluding hydrogens is 316 g/mol. The predicted octanol–water partition coefficient (Wildman–Crippen LogP) is 2.45. The highest BCUT2D eigenvalue weighted by Gasteiger charge is 2.06. The Morgan fingerprint density at radius 2 is 2.06 bits per heavy atom. The minimum Gasteiger partial charge on any atom is -0.369 e. The fourth-order valence-electron chi connectivity index (χ4n) is 1.66. The molecule has 0 saturated heterocycles. The molecule has 0 saturated carbocycles. The number of halogens is 1. The number of benzene rings is 1. The van der Waals surface area contributed by atoms with Crippen molar-refractivity contribution in [3.8, 4) is 0 Å². The van der Waals surface area contributed by atoms with Crippen LogP contribution in [0.4, 0.5) is 5.82 Å². The molecule has 1 aromatic carbocycles. The van der Waals surface area contributed by atoms with Gasteiger partial charge in [-0.25, -0.2) is 13.4 Å². The van der Waals surface area contributed by atoms with Gasteiger partial charge in [0.2, 0.25) is 0 Å². The van der Waals surface area contributed by atoms with E-state index in [0.717, 1.165) is 15.2 Å². The third-order valence-corrected chi connectivity index (χ3v) is 4.16. The summed E-state index contributed by atoms with van der Waals surface area (Å²) in [6, 6.07) is 7.76. The first-order valence-electron chi connectivity index (χ1n) is 5.42. The average molecular weight is 329 g/mol. The molecule has 0 aliphatic heterocycles. The summed E-state index contributed by atoms with van der Waals surface area (Å²) in [5.74, 6) is 0.802. The molecule has 2 rings (SSSR count). The van der Waals surface area contributed by atoms with Crippen LogP contribution in [0.15, 0.2) is 34.9 Å². The summed E-state index contributed by atoms with van der Waals surface area (Å²) < 4.78 is 23.1. The first-order chi connectivity index (χ1) is 8.47. The maximum absolute atomic E-state index is 11.1. The van der Waals surface area contributed by atoms with Crippen LogP contribution < -0.4 is 5.32 Å². The summed E-state index contributed by atoms with van der Waals surface area (Å²) in [4.78, 5) is 4.24. The topological polar surface area (TPSA) is 59.1 Å². The zero-order valence-corrected chi connectivity index (χ0v) is 12.3. The Morgan fingerprint density at radius 3 is 2.78 bits per heavy atom. The van der Waals surface area contributed by atoms with Gasteiger partial charge in [0.15, 0.2) is 0 Å². The normalized spacial score (nSPS) is 11.7. The number of nitrogens with one attached hydrogen (secondary N) is 1. The van der Waals surface area contributed by atoms with E-state index in [1.807, 2.05) is 24.3 Å². The van der Waals surface area contributed by atoms with Gasteiger partial charge in [-0.15, -0.1) is 0 Å².